The summed E-state index contributed by atoms with van der Waals surface area (Å²) in [6.45, 7) is 5.54. The van der Waals surface area contributed by atoms with Gasteiger partial charge in [0.2, 0.25) is 5.95 Å². The molecule has 0 aromatic carbocycles. The largest absolute Gasteiger partial charge is 0.354 e. The predicted molar refractivity (Wildman–Crippen MR) is 89.8 cm³/mol. The highest BCUT2D eigenvalue weighted by atomic mass is 16.7. The maximum atomic E-state index is 12.7. The molecule has 132 valence electrons. The van der Waals surface area contributed by atoms with E-state index in [1.807, 2.05) is 4.90 Å². The Kier molecular flexibility index (Phi) is 5.63. The third-order valence-electron chi connectivity index (χ3n) is 4.56. The van der Waals surface area contributed by atoms with Crippen molar-refractivity contribution in [3.8, 4) is 0 Å². The number of likely N-dealkylation sites (tertiary alicyclic amines) is 1. The zero-order valence-electron chi connectivity index (χ0n) is 14.3. The number of carbonyl (C=O) groups is 1. The van der Waals surface area contributed by atoms with Crippen LogP contribution in [0.25, 0.3) is 0 Å². The fourth-order valence-electron chi connectivity index (χ4n) is 3.14. The number of ether oxygens (including phenoxy) is 2. The molecule has 0 atom stereocenters. The Labute approximate surface area is 142 Å². The maximum Gasteiger partial charge on any atom is 0.272 e. The minimum absolute atomic E-state index is 0.0538. The van der Waals surface area contributed by atoms with Gasteiger partial charge in [0.05, 0.1) is 13.2 Å². The average molecular weight is 334 g/mol. The van der Waals surface area contributed by atoms with E-state index in [0.29, 0.717) is 50.8 Å². The van der Waals surface area contributed by atoms with Crippen molar-refractivity contribution >= 4 is 11.9 Å². The number of aromatic nitrogens is 2. The number of piperidine rings is 1. The molecule has 7 nitrogen and oxygen atoms in total. The molecule has 0 aliphatic carbocycles. The van der Waals surface area contributed by atoms with E-state index in [-0.39, 0.29) is 5.91 Å². The number of hydrogen-bond donors (Lipinski definition) is 1. The van der Waals surface area contributed by atoms with Gasteiger partial charge in [-0.05, 0) is 12.5 Å². The van der Waals surface area contributed by atoms with Crippen molar-refractivity contribution in [1.82, 2.24) is 14.9 Å². The molecular weight excluding hydrogens is 308 g/mol. The molecule has 0 bridgehead atoms. The first-order valence-corrected chi connectivity index (χ1v) is 8.86. The summed E-state index contributed by atoms with van der Waals surface area (Å²) in [6, 6.07) is 1.67. The van der Waals surface area contributed by atoms with Crippen molar-refractivity contribution in [1.29, 1.82) is 0 Å². The lowest BCUT2D eigenvalue weighted by Crippen LogP contribution is -2.47. The number of nitrogens with zero attached hydrogens (tertiary/aromatic N) is 3. The minimum atomic E-state index is -0.464. The lowest BCUT2D eigenvalue weighted by Gasteiger charge is -2.37. The number of nitrogens with one attached hydrogen (secondary N) is 1. The zero-order valence-corrected chi connectivity index (χ0v) is 14.3. The van der Waals surface area contributed by atoms with Crippen LogP contribution in [0.15, 0.2) is 12.3 Å². The van der Waals surface area contributed by atoms with Crippen molar-refractivity contribution in [2.45, 2.75) is 44.8 Å². The standard InChI is InChI=1S/C17H26N4O3/c1-2-3-4-8-18-16-19-9-5-14(20-16)15(22)21-10-6-17(7-11-21)23-12-13-24-17/h5,9H,2-4,6-8,10-13H2,1H3,(H,18,19,20). The molecule has 1 N–H and O–H groups in total. The van der Waals surface area contributed by atoms with Crippen LogP contribution < -0.4 is 5.32 Å². The quantitative estimate of drug-likeness (QED) is 0.803. The van der Waals surface area contributed by atoms with E-state index in [1.165, 1.54) is 12.8 Å². The number of anilines is 1. The molecule has 1 amide bonds. The highest BCUT2D eigenvalue weighted by Crippen LogP contribution is 2.31. The molecule has 0 saturated carbocycles. The molecule has 3 heterocycles. The topological polar surface area (TPSA) is 76.6 Å². The number of rotatable bonds is 6. The molecule has 0 unspecified atom stereocenters. The fourth-order valence-corrected chi connectivity index (χ4v) is 3.14. The summed E-state index contributed by atoms with van der Waals surface area (Å²) in [5.74, 6) is 0.00352. The Balaban J connectivity index is 1.55. The van der Waals surface area contributed by atoms with Gasteiger partial charge in [-0.2, -0.15) is 0 Å². The van der Waals surface area contributed by atoms with Crippen LogP contribution in [0.2, 0.25) is 0 Å². The summed E-state index contributed by atoms with van der Waals surface area (Å²) < 4.78 is 11.4. The maximum absolute atomic E-state index is 12.7. The second-order valence-electron chi connectivity index (χ2n) is 6.30. The van der Waals surface area contributed by atoms with Gasteiger partial charge in [-0.15, -0.1) is 0 Å². The Hall–Kier alpha value is -1.73. The number of amides is 1. The molecule has 2 aliphatic rings. The molecule has 24 heavy (non-hydrogen) atoms. The number of carbonyl (C=O) groups excluding carboxylic acids is 1. The summed E-state index contributed by atoms with van der Waals surface area (Å²) >= 11 is 0. The summed E-state index contributed by atoms with van der Waals surface area (Å²) in [4.78, 5) is 23.0. The summed E-state index contributed by atoms with van der Waals surface area (Å²) in [5, 5.41) is 3.18. The van der Waals surface area contributed by atoms with Gasteiger partial charge in [0.15, 0.2) is 5.79 Å². The highest BCUT2D eigenvalue weighted by molar-refractivity contribution is 5.92. The van der Waals surface area contributed by atoms with Crippen molar-refractivity contribution in [3.63, 3.8) is 0 Å². The monoisotopic (exact) mass is 334 g/mol. The van der Waals surface area contributed by atoms with Gasteiger partial charge >= 0.3 is 0 Å². The first-order valence-electron chi connectivity index (χ1n) is 8.86. The van der Waals surface area contributed by atoms with Crippen LogP contribution in [0.4, 0.5) is 5.95 Å². The third-order valence-corrected chi connectivity index (χ3v) is 4.56. The second-order valence-corrected chi connectivity index (χ2v) is 6.30. The molecule has 1 aromatic heterocycles. The van der Waals surface area contributed by atoms with E-state index in [1.54, 1.807) is 12.3 Å². The van der Waals surface area contributed by atoms with E-state index < -0.39 is 5.79 Å². The second kappa shape index (κ2) is 7.90. The number of hydrogen-bond acceptors (Lipinski definition) is 6. The van der Waals surface area contributed by atoms with Crippen LogP contribution in [-0.4, -0.2) is 59.4 Å². The van der Waals surface area contributed by atoms with Crippen LogP contribution in [0.1, 0.15) is 49.5 Å². The Morgan fingerprint density at radius 2 is 2.04 bits per heavy atom. The number of unbranched alkanes of at least 4 members (excludes halogenated alkanes) is 2. The third kappa shape index (κ3) is 4.02. The van der Waals surface area contributed by atoms with Gasteiger partial charge < -0.3 is 19.7 Å². The van der Waals surface area contributed by atoms with Gasteiger partial charge in [0, 0.05) is 38.7 Å². The minimum Gasteiger partial charge on any atom is -0.354 e. The van der Waals surface area contributed by atoms with Crippen LogP contribution >= 0.6 is 0 Å². The van der Waals surface area contributed by atoms with Gasteiger partial charge in [-0.1, -0.05) is 19.8 Å². The zero-order chi connectivity index (χ0) is 16.8. The van der Waals surface area contributed by atoms with Crippen molar-refractivity contribution in [3.05, 3.63) is 18.0 Å². The van der Waals surface area contributed by atoms with Crippen LogP contribution in [-0.2, 0) is 9.47 Å². The smallest absolute Gasteiger partial charge is 0.272 e. The predicted octanol–water partition coefficient (Wildman–Crippen LogP) is 2.06. The van der Waals surface area contributed by atoms with Gasteiger partial charge in [-0.25, -0.2) is 9.97 Å². The first kappa shape index (κ1) is 17.1. The highest BCUT2D eigenvalue weighted by Gasteiger charge is 2.41. The van der Waals surface area contributed by atoms with Crippen LogP contribution in [0, 0.1) is 0 Å². The molecule has 2 saturated heterocycles. The molecule has 1 spiro atoms. The molecule has 7 heteroatoms. The Bertz CT molecular complexity index is 551. The van der Waals surface area contributed by atoms with E-state index in [4.69, 9.17) is 9.47 Å². The first-order chi connectivity index (χ1) is 11.7. The van der Waals surface area contributed by atoms with E-state index in [2.05, 4.69) is 22.2 Å². The van der Waals surface area contributed by atoms with Crippen molar-refractivity contribution in [2.24, 2.45) is 0 Å². The van der Waals surface area contributed by atoms with Crippen molar-refractivity contribution in [2.75, 3.05) is 38.2 Å². The molecule has 3 rings (SSSR count). The Morgan fingerprint density at radius 1 is 1.29 bits per heavy atom. The SMILES string of the molecule is CCCCCNc1nccc(C(=O)N2CCC3(CC2)OCCO3)n1. The van der Waals surface area contributed by atoms with Gasteiger partial charge in [0.25, 0.3) is 5.91 Å². The van der Waals surface area contributed by atoms with Crippen LogP contribution in [0.5, 0.6) is 0 Å². The normalized spacial score (nSPS) is 19.6. The lowest BCUT2D eigenvalue weighted by atomic mass is 10.0. The van der Waals surface area contributed by atoms with Gasteiger partial charge in [0.1, 0.15) is 5.69 Å². The average Bonchev–Trinajstić information content (AvgIpc) is 3.07. The molecule has 0 radical (unpaired) electrons. The van der Waals surface area contributed by atoms with Crippen LogP contribution in [0.3, 0.4) is 0 Å². The van der Waals surface area contributed by atoms with E-state index >= 15 is 0 Å². The fraction of sp³-hybridized carbons (Fsp3) is 0.706. The molecule has 1 aromatic rings. The van der Waals surface area contributed by atoms with Gasteiger partial charge in [-0.3, -0.25) is 4.79 Å². The van der Waals surface area contributed by atoms with Crippen molar-refractivity contribution < 1.29 is 14.3 Å². The lowest BCUT2D eigenvalue weighted by molar-refractivity contribution is -0.181. The van der Waals surface area contributed by atoms with E-state index in [9.17, 15) is 4.79 Å². The molecule has 2 aliphatic heterocycles. The molecular formula is C17H26N4O3. The Morgan fingerprint density at radius 3 is 2.75 bits per heavy atom. The summed E-state index contributed by atoms with van der Waals surface area (Å²) in [7, 11) is 0. The summed E-state index contributed by atoms with van der Waals surface area (Å²) in [6.07, 6.45) is 6.48. The van der Waals surface area contributed by atoms with E-state index in [0.717, 1.165) is 13.0 Å². The molecule has 2 fully saturated rings. The summed E-state index contributed by atoms with van der Waals surface area (Å²) in [5.41, 5.74) is 0.437.